The van der Waals surface area contributed by atoms with Crippen molar-refractivity contribution in [2.24, 2.45) is 5.92 Å². The van der Waals surface area contributed by atoms with E-state index in [0.29, 0.717) is 10.9 Å². The SMILES string of the molecule is CN(C)CC1CC(c2ccccc2)CC(=Cc2ccccc2Cl)C1=O. The third kappa shape index (κ3) is 4.39. The highest BCUT2D eigenvalue weighted by molar-refractivity contribution is 6.32. The maximum absolute atomic E-state index is 13.0. The number of halogens is 1. The Morgan fingerprint density at radius 2 is 1.76 bits per heavy atom. The molecule has 0 aromatic heterocycles. The lowest BCUT2D eigenvalue weighted by atomic mass is 9.74. The molecule has 0 radical (unpaired) electrons. The van der Waals surface area contributed by atoms with Crippen molar-refractivity contribution >= 4 is 23.5 Å². The van der Waals surface area contributed by atoms with Gasteiger partial charge in [-0.05, 0) is 61.7 Å². The van der Waals surface area contributed by atoms with Crippen LogP contribution in [0.5, 0.6) is 0 Å². The molecule has 25 heavy (non-hydrogen) atoms. The van der Waals surface area contributed by atoms with Crippen LogP contribution in [-0.4, -0.2) is 31.3 Å². The van der Waals surface area contributed by atoms with E-state index in [1.54, 1.807) is 0 Å². The Bertz CT molecular complexity index is 767. The average Bonchev–Trinajstić information content (AvgIpc) is 2.60. The number of allylic oxidation sites excluding steroid dienone is 1. The van der Waals surface area contributed by atoms with E-state index in [1.807, 2.05) is 50.5 Å². The van der Waals surface area contributed by atoms with E-state index in [9.17, 15) is 4.79 Å². The van der Waals surface area contributed by atoms with E-state index in [1.165, 1.54) is 5.56 Å². The van der Waals surface area contributed by atoms with Crippen molar-refractivity contribution in [2.75, 3.05) is 20.6 Å². The zero-order valence-corrected chi connectivity index (χ0v) is 15.5. The average molecular weight is 354 g/mol. The summed E-state index contributed by atoms with van der Waals surface area (Å²) in [6, 6.07) is 18.2. The molecule has 0 saturated heterocycles. The molecule has 2 atom stereocenters. The molecular weight excluding hydrogens is 330 g/mol. The first-order valence-corrected chi connectivity index (χ1v) is 9.11. The smallest absolute Gasteiger partial charge is 0.163 e. The molecular formula is C22H24ClNO. The molecule has 0 aliphatic heterocycles. The minimum atomic E-state index is 0.0303. The van der Waals surface area contributed by atoms with E-state index >= 15 is 0 Å². The topological polar surface area (TPSA) is 20.3 Å². The van der Waals surface area contributed by atoms with E-state index < -0.39 is 0 Å². The van der Waals surface area contributed by atoms with E-state index in [2.05, 4.69) is 29.2 Å². The number of ketones is 1. The van der Waals surface area contributed by atoms with Crippen LogP contribution in [0.1, 0.15) is 29.9 Å². The number of Topliss-reactive ketones (excluding diaryl/α,β-unsaturated/α-hetero) is 1. The Morgan fingerprint density at radius 1 is 1.08 bits per heavy atom. The summed E-state index contributed by atoms with van der Waals surface area (Å²) < 4.78 is 0. The third-order valence-corrected chi connectivity index (χ3v) is 5.16. The zero-order valence-electron chi connectivity index (χ0n) is 14.8. The van der Waals surface area contributed by atoms with Gasteiger partial charge in [-0.1, -0.05) is 60.1 Å². The van der Waals surface area contributed by atoms with Gasteiger partial charge < -0.3 is 4.90 Å². The molecule has 3 rings (SSSR count). The number of hydrogen-bond donors (Lipinski definition) is 0. The summed E-state index contributed by atoms with van der Waals surface area (Å²) >= 11 is 6.30. The summed E-state index contributed by atoms with van der Waals surface area (Å²) in [5, 5.41) is 0.689. The van der Waals surface area contributed by atoms with Crippen molar-refractivity contribution in [3.8, 4) is 0 Å². The van der Waals surface area contributed by atoms with Gasteiger partial charge in [0.25, 0.3) is 0 Å². The summed E-state index contributed by atoms with van der Waals surface area (Å²) in [4.78, 5) is 15.1. The van der Waals surface area contributed by atoms with Gasteiger partial charge in [-0.15, -0.1) is 0 Å². The van der Waals surface area contributed by atoms with Crippen LogP contribution in [0.3, 0.4) is 0 Å². The molecule has 1 aliphatic rings. The first kappa shape index (κ1) is 17.9. The van der Waals surface area contributed by atoms with Gasteiger partial charge in [-0.2, -0.15) is 0 Å². The van der Waals surface area contributed by atoms with Gasteiger partial charge in [-0.3, -0.25) is 4.79 Å². The highest BCUT2D eigenvalue weighted by Gasteiger charge is 2.33. The first-order valence-electron chi connectivity index (χ1n) is 8.73. The van der Waals surface area contributed by atoms with Gasteiger partial charge in [0.15, 0.2) is 5.78 Å². The zero-order chi connectivity index (χ0) is 17.8. The highest BCUT2D eigenvalue weighted by atomic mass is 35.5. The Hall–Kier alpha value is -1.90. The summed E-state index contributed by atoms with van der Waals surface area (Å²) in [6.07, 6.45) is 3.67. The number of hydrogen-bond acceptors (Lipinski definition) is 2. The molecule has 0 N–H and O–H groups in total. The van der Waals surface area contributed by atoms with Crippen molar-refractivity contribution in [3.05, 3.63) is 76.3 Å². The lowest BCUT2D eigenvalue weighted by Gasteiger charge is -2.32. The number of rotatable bonds is 4. The predicted octanol–water partition coefficient (Wildman–Crippen LogP) is 5.05. The van der Waals surface area contributed by atoms with Gasteiger partial charge in [0.05, 0.1) is 0 Å². The maximum Gasteiger partial charge on any atom is 0.163 e. The molecule has 2 aromatic carbocycles. The molecule has 0 bridgehead atoms. The predicted molar refractivity (Wildman–Crippen MR) is 105 cm³/mol. The summed E-state index contributed by atoms with van der Waals surface area (Å²) in [7, 11) is 4.05. The Balaban J connectivity index is 1.95. The highest BCUT2D eigenvalue weighted by Crippen LogP contribution is 2.38. The standard InChI is InChI=1S/C22H24ClNO/c1-24(2)15-20-14-18(16-8-4-3-5-9-16)13-19(22(20)25)12-17-10-6-7-11-21(17)23/h3-12,18,20H,13-15H2,1-2H3. The molecule has 3 heteroatoms. The van der Waals surface area contributed by atoms with Gasteiger partial charge in [0.1, 0.15) is 0 Å². The van der Waals surface area contributed by atoms with Crippen molar-refractivity contribution in [2.45, 2.75) is 18.8 Å². The Morgan fingerprint density at radius 3 is 2.44 bits per heavy atom. The van der Waals surface area contributed by atoms with Crippen LogP contribution >= 0.6 is 11.6 Å². The second-order valence-corrected chi connectivity index (χ2v) is 7.47. The molecule has 2 unspecified atom stereocenters. The summed E-state index contributed by atoms with van der Waals surface area (Å²) in [5.41, 5.74) is 3.12. The van der Waals surface area contributed by atoms with Crippen LogP contribution in [-0.2, 0) is 4.79 Å². The molecule has 1 aliphatic carbocycles. The second-order valence-electron chi connectivity index (χ2n) is 7.06. The van der Waals surface area contributed by atoms with Gasteiger partial charge in [0, 0.05) is 17.5 Å². The van der Waals surface area contributed by atoms with Crippen molar-refractivity contribution in [1.82, 2.24) is 4.90 Å². The van der Waals surface area contributed by atoms with E-state index in [0.717, 1.165) is 30.5 Å². The Labute approximate surface area is 155 Å². The summed E-state index contributed by atoms with van der Waals surface area (Å²) in [5.74, 6) is 0.668. The fourth-order valence-corrected chi connectivity index (χ4v) is 3.84. The molecule has 0 spiro atoms. The maximum atomic E-state index is 13.0. The van der Waals surface area contributed by atoms with Crippen molar-refractivity contribution < 1.29 is 4.79 Å². The van der Waals surface area contributed by atoms with Gasteiger partial charge >= 0.3 is 0 Å². The molecule has 2 nitrogen and oxygen atoms in total. The molecule has 130 valence electrons. The molecule has 0 heterocycles. The van der Waals surface area contributed by atoms with Gasteiger partial charge in [-0.25, -0.2) is 0 Å². The van der Waals surface area contributed by atoms with Crippen molar-refractivity contribution in [1.29, 1.82) is 0 Å². The minimum Gasteiger partial charge on any atom is -0.309 e. The van der Waals surface area contributed by atoms with Crippen LogP contribution < -0.4 is 0 Å². The van der Waals surface area contributed by atoms with Crippen molar-refractivity contribution in [3.63, 3.8) is 0 Å². The second kappa shape index (κ2) is 7.99. The van der Waals surface area contributed by atoms with E-state index in [4.69, 9.17) is 11.6 Å². The van der Waals surface area contributed by atoms with Crippen LogP contribution in [0.15, 0.2) is 60.2 Å². The fourth-order valence-electron chi connectivity index (χ4n) is 3.65. The summed E-state index contributed by atoms with van der Waals surface area (Å²) in [6.45, 7) is 0.780. The molecule has 1 fully saturated rings. The first-order chi connectivity index (χ1) is 12.0. The largest absolute Gasteiger partial charge is 0.309 e. The molecule has 2 aromatic rings. The number of benzene rings is 2. The van der Waals surface area contributed by atoms with Crippen LogP contribution in [0.2, 0.25) is 5.02 Å². The van der Waals surface area contributed by atoms with E-state index in [-0.39, 0.29) is 11.7 Å². The monoisotopic (exact) mass is 353 g/mol. The minimum absolute atomic E-state index is 0.0303. The molecule has 1 saturated carbocycles. The number of carbonyl (C=O) groups excluding carboxylic acids is 1. The normalized spacial score (nSPS) is 22.6. The lowest BCUT2D eigenvalue weighted by molar-refractivity contribution is -0.121. The van der Waals surface area contributed by atoms with Gasteiger partial charge in [0.2, 0.25) is 0 Å². The van der Waals surface area contributed by atoms with Crippen LogP contribution in [0, 0.1) is 5.92 Å². The molecule has 0 amide bonds. The lowest BCUT2D eigenvalue weighted by Crippen LogP contribution is -2.34. The number of nitrogens with zero attached hydrogens (tertiary/aromatic N) is 1. The Kier molecular flexibility index (Phi) is 5.72. The third-order valence-electron chi connectivity index (χ3n) is 4.81. The van der Waals surface area contributed by atoms with Crippen LogP contribution in [0.25, 0.3) is 6.08 Å². The van der Waals surface area contributed by atoms with Crippen LogP contribution in [0.4, 0.5) is 0 Å². The quantitative estimate of drug-likeness (QED) is 0.717. The fraction of sp³-hybridized carbons (Fsp3) is 0.318. The number of carbonyl (C=O) groups is 1.